The minimum absolute atomic E-state index is 0.0210. The Hall–Kier alpha value is -1.43. The first-order valence-corrected chi connectivity index (χ1v) is 6.58. The van der Waals surface area contributed by atoms with Crippen molar-refractivity contribution < 1.29 is 9.53 Å². The lowest BCUT2D eigenvalue weighted by Crippen LogP contribution is -2.27. The highest BCUT2D eigenvalue weighted by atomic mass is 16.5. The van der Waals surface area contributed by atoms with Gasteiger partial charge in [0.2, 0.25) is 0 Å². The van der Waals surface area contributed by atoms with Crippen molar-refractivity contribution in [3.8, 4) is 0 Å². The van der Waals surface area contributed by atoms with E-state index < -0.39 is 0 Å². The summed E-state index contributed by atoms with van der Waals surface area (Å²) in [7, 11) is 1.41. The first-order chi connectivity index (χ1) is 8.82. The van der Waals surface area contributed by atoms with Crippen LogP contribution in [-0.2, 0) is 14.9 Å². The third kappa shape index (κ3) is 2.78. The lowest BCUT2D eigenvalue weighted by Gasteiger charge is -2.16. The molecule has 0 aliphatic heterocycles. The van der Waals surface area contributed by atoms with Gasteiger partial charge in [0.15, 0.2) is 0 Å². The predicted molar refractivity (Wildman–Crippen MR) is 70.5 cm³/mol. The van der Waals surface area contributed by atoms with Crippen molar-refractivity contribution in [3.63, 3.8) is 0 Å². The van der Waals surface area contributed by atoms with E-state index in [1.165, 1.54) is 7.11 Å². The van der Waals surface area contributed by atoms with Crippen LogP contribution in [0.3, 0.4) is 0 Å². The van der Waals surface area contributed by atoms with Crippen molar-refractivity contribution in [2.24, 2.45) is 11.7 Å². The monoisotopic (exact) mass is 266 g/mol. The van der Waals surface area contributed by atoms with E-state index >= 15 is 0 Å². The molecule has 0 radical (unpaired) electrons. The molecule has 1 aliphatic rings. The van der Waals surface area contributed by atoms with Crippen molar-refractivity contribution in [3.05, 3.63) is 11.9 Å². The Bertz CT molecular complexity index is 463. The summed E-state index contributed by atoms with van der Waals surface area (Å²) in [4.78, 5) is 11.6. The number of hydrogen-bond acceptors (Lipinski definition) is 5. The van der Waals surface area contributed by atoms with Crippen molar-refractivity contribution >= 4 is 5.97 Å². The van der Waals surface area contributed by atoms with E-state index in [0.717, 1.165) is 5.69 Å². The molecule has 1 unspecified atom stereocenters. The molecule has 1 heterocycles. The van der Waals surface area contributed by atoms with Crippen molar-refractivity contribution in [1.29, 1.82) is 0 Å². The van der Waals surface area contributed by atoms with Crippen molar-refractivity contribution in [2.75, 3.05) is 7.11 Å². The van der Waals surface area contributed by atoms with Gasteiger partial charge in [-0.15, -0.1) is 5.10 Å². The number of methoxy groups -OCH3 is 1. The standard InChI is InChI=1S/C13H22N4O2/c1-13(2,3)11-7-17(16-15-11)10-6-8(5-9(10)14)12(18)19-4/h7-10H,5-6,14H2,1-4H3/t8?,9-,10+/m1/s1. The van der Waals surface area contributed by atoms with Crippen molar-refractivity contribution in [1.82, 2.24) is 15.0 Å². The first kappa shape index (κ1) is 14.0. The minimum Gasteiger partial charge on any atom is -0.469 e. The van der Waals surface area contributed by atoms with Crippen LogP contribution in [0, 0.1) is 5.92 Å². The molecular weight excluding hydrogens is 244 g/mol. The van der Waals surface area contributed by atoms with E-state index in [4.69, 9.17) is 10.5 Å². The highest BCUT2D eigenvalue weighted by molar-refractivity contribution is 5.72. The summed E-state index contributed by atoms with van der Waals surface area (Å²) < 4.78 is 6.59. The van der Waals surface area contributed by atoms with Gasteiger partial charge in [0, 0.05) is 17.7 Å². The molecule has 19 heavy (non-hydrogen) atoms. The Balaban J connectivity index is 2.14. The van der Waals surface area contributed by atoms with Gasteiger partial charge in [-0.25, -0.2) is 4.68 Å². The number of nitrogens with zero attached hydrogens (tertiary/aromatic N) is 3. The van der Waals surface area contributed by atoms with Crippen LogP contribution in [-0.4, -0.2) is 34.1 Å². The number of nitrogens with two attached hydrogens (primary N) is 1. The Morgan fingerprint density at radius 2 is 2.16 bits per heavy atom. The summed E-state index contributed by atoms with van der Waals surface area (Å²) in [6.07, 6.45) is 3.24. The molecule has 3 atom stereocenters. The molecule has 1 aromatic rings. The average Bonchev–Trinajstić information content (AvgIpc) is 2.93. The average molecular weight is 266 g/mol. The van der Waals surface area contributed by atoms with Crippen LogP contribution in [0.4, 0.5) is 0 Å². The fourth-order valence-corrected chi connectivity index (χ4v) is 2.49. The van der Waals surface area contributed by atoms with E-state index in [0.29, 0.717) is 12.8 Å². The zero-order valence-electron chi connectivity index (χ0n) is 12.0. The van der Waals surface area contributed by atoms with Crippen LogP contribution in [0.5, 0.6) is 0 Å². The zero-order valence-corrected chi connectivity index (χ0v) is 12.0. The fourth-order valence-electron chi connectivity index (χ4n) is 2.49. The molecule has 0 spiro atoms. The van der Waals surface area contributed by atoms with Crippen LogP contribution in [0.1, 0.15) is 45.3 Å². The Morgan fingerprint density at radius 3 is 2.68 bits per heavy atom. The quantitative estimate of drug-likeness (QED) is 0.808. The molecule has 0 saturated heterocycles. The zero-order chi connectivity index (χ0) is 14.2. The second-order valence-corrected chi connectivity index (χ2v) is 6.26. The Kier molecular flexibility index (Phi) is 3.62. The van der Waals surface area contributed by atoms with Gasteiger partial charge in [-0.2, -0.15) is 0 Å². The van der Waals surface area contributed by atoms with Gasteiger partial charge in [-0.3, -0.25) is 4.79 Å². The third-order valence-corrected chi connectivity index (χ3v) is 3.73. The van der Waals surface area contributed by atoms with Crippen LogP contribution >= 0.6 is 0 Å². The summed E-state index contributed by atoms with van der Waals surface area (Å²) in [5.41, 5.74) is 7.01. The molecule has 0 bridgehead atoms. The topological polar surface area (TPSA) is 83.0 Å². The Morgan fingerprint density at radius 1 is 1.47 bits per heavy atom. The molecule has 2 rings (SSSR count). The van der Waals surface area contributed by atoms with E-state index in [9.17, 15) is 4.79 Å². The molecular formula is C13H22N4O2. The highest BCUT2D eigenvalue weighted by Crippen LogP contribution is 2.34. The van der Waals surface area contributed by atoms with E-state index in [-0.39, 0.29) is 29.4 Å². The largest absolute Gasteiger partial charge is 0.469 e. The van der Waals surface area contributed by atoms with Crippen LogP contribution in [0.2, 0.25) is 0 Å². The molecule has 2 N–H and O–H groups in total. The second-order valence-electron chi connectivity index (χ2n) is 6.26. The van der Waals surface area contributed by atoms with Gasteiger partial charge in [0.05, 0.1) is 24.8 Å². The number of esters is 1. The van der Waals surface area contributed by atoms with Gasteiger partial charge < -0.3 is 10.5 Å². The van der Waals surface area contributed by atoms with E-state index in [1.807, 2.05) is 6.20 Å². The maximum atomic E-state index is 11.6. The van der Waals surface area contributed by atoms with Crippen LogP contribution in [0.25, 0.3) is 0 Å². The fraction of sp³-hybridized carbons (Fsp3) is 0.769. The number of carbonyl (C=O) groups is 1. The number of carbonyl (C=O) groups excluding carboxylic acids is 1. The smallest absolute Gasteiger partial charge is 0.308 e. The second kappa shape index (κ2) is 4.92. The molecule has 6 nitrogen and oxygen atoms in total. The maximum Gasteiger partial charge on any atom is 0.308 e. The van der Waals surface area contributed by atoms with Crippen LogP contribution < -0.4 is 5.73 Å². The lowest BCUT2D eigenvalue weighted by atomic mass is 9.93. The molecule has 1 aromatic heterocycles. The summed E-state index contributed by atoms with van der Waals surface area (Å²) in [5.74, 6) is -0.318. The van der Waals surface area contributed by atoms with Crippen molar-refractivity contribution in [2.45, 2.75) is 51.1 Å². The molecule has 1 fully saturated rings. The summed E-state index contributed by atoms with van der Waals surface area (Å²) in [5, 5.41) is 8.37. The van der Waals surface area contributed by atoms with Gasteiger partial charge in [-0.1, -0.05) is 26.0 Å². The minimum atomic E-state index is -0.186. The van der Waals surface area contributed by atoms with Crippen LogP contribution in [0.15, 0.2) is 6.20 Å². The number of aromatic nitrogens is 3. The van der Waals surface area contributed by atoms with Gasteiger partial charge >= 0.3 is 5.97 Å². The maximum absolute atomic E-state index is 11.6. The Labute approximate surface area is 113 Å². The molecule has 0 aromatic carbocycles. The number of rotatable bonds is 2. The molecule has 1 aliphatic carbocycles. The molecule has 106 valence electrons. The molecule has 0 amide bonds. The van der Waals surface area contributed by atoms with Gasteiger partial charge in [0.1, 0.15) is 0 Å². The molecule has 1 saturated carbocycles. The summed E-state index contributed by atoms with van der Waals surface area (Å²) in [6, 6.07) is -0.0636. The van der Waals surface area contributed by atoms with E-state index in [2.05, 4.69) is 31.1 Å². The number of hydrogen-bond donors (Lipinski definition) is 1. The predicted octanol–water partition coefficient (Wildman–Crippen LogP) is 1.03. The molecule has 6 heteroatoms. The van der Waals surface area contributed by atoms with Gasteiger partial charge in [-0.05, 0) is 12.8 Å². The normalized spacial score (nSPS) is 27.5. The van der Waals surface area contributed by atoms with Gasteiger partial charge in [0.25, 0.3) is 0 Å². The first-order valence-electron chi connectivity index (χ1n) is 6.58. The summed E-state index contributed by atoms with van der Waals surface area (Å²) >= 11 is 0. The lowest BCUT2D eigenvalue weighted by molar-refractivity contribution is -0.145. The van der Waals surface area contributed by atoms with E-state index in [1.54, 1.807) is 4.68 Å². The SMILES string of the molecule is COC(=O)C1C[C@@H](N)[C@@H](n2cc(C(C)(C)C)nn2)C1. The highest BCUT2D eigenvalue weighted by Gasteiger charge is 2.38. The summed E-state index contributed by atoms with van der Waals surface area (Å²) in [6.45, 7) is 6.27. The number of ether oxygens (including phenoxy) is 1. The third-order valence-electron chi connectivity index (χ3n) is 3.73.